The first-order valence-electron chi connectivity index (χ1n) is 9.07. The van der Waals surface area contributed by atoms with E-state index in [-0.39, 0.29) is 18.0 Å². The summed E-state index contributed by atoms with van der Waals surface area (Å²) in [5.74, 6) is 0.266. The quantitative estimate of drug-likeness (QED) is 0.439. The van der Waals surface area contributed by atoms with Gasteiger partial charge in [-0.1, -0.05) is 42.5 Å². The molecule has 0 radical (unpaired) electrons. The van der Waals surface area contributed by atoms with Crippen LogP contribution in [0.1, 0.15) is 22.3 Å². The maximum Gasteiger partial charge on any atom is 0.340 e. The molecule has 1 heterocycles. The second-order valence-corrected chi connectivity index (χ2v) is 6.73. The molecule has 0 atom stereocenters. The molecular weight excluding hydrogens is 355 g/mol. The monoisotopic (exact) mass is 374 g/mol. The number of benzene rings is 3. The van der Waals surface area contributed by atoms with E-state index in [0.717, 1.165) is 22.1 Å². The average Bonchev–Trinajstić information content (AvgIpc) is 2.70. The summed E-state index contributed by atoms with van der Waals surface area (Å²) in [4.78, 5) is 12.5. The zero-order valence-corrected chi connectivity index (χ0v) is 15.4. The smallest absolute Gasteiger partial charge is 0.340 e. The van der Waals surface area contributed by atoms with Crippen LogP contribution in [0.2, 0.25) is 0 Å². The fourth-order valence-corrected chi connectivity index (χ4v) is 3.26. The van der Waals surface area contributed by atoms with Gasteiger partial charge < -0.3 is 9.15 Å². The van der Waals surface area contributed by atoms with Gasteiger partial charge in [-0.15, -0.1) is 0 Å². The Hall–Kier alpha value is -3.40. The molecule has 0 spiro atoms. The molecule has 1 aromatic heterocycles. The fourth-order valence-electron chi connectivity index (χ4n) is 3.26. The van der Waals surface area contributed by atoms with Gasteiger partial charge in [-0.05, 0) is 47.9 Å². The first-order chi connectivity index (χ1) is 13.6. The minimum atomic E-state index is -0.337. The molecule has 28 heavy (non-hydrogen) atoms. The number of rotatable bonds is 5. The molecule has 4 heteroatoms. The van der Waals surface area contributed by atoms with Crippen molar-refractivity contribution in [3.8, 4) is 5.75 Å². The van der Waals surface area contributed by atoms with Crippen molar-refractivity contribution in [3.05, 3.63) is 111 Å². The van der Waals surface area contributed by atoms with Crippen molar-refractivity contribution in [1.29, 1.82) is 0 Å². The van der Waals surface area contributed by atoms with E-state index < -0.39 is 0 Å². The molecule has 140 valence electrons. The maximum absolute atomic E-state index is 13.3. The number of aryl methyl sites for hydroxylation is 1. The second-order valence-electron chi connectivity index (χ2n) is 6.73. The summed E-state index contributed by atoms with van der Waals surface area (Å²) in [6, 6.07) is 21.5. The molecule has 3 nitrogen and oxygen atoms in total. The van der Waals surface area contributed by atoms with Crippen molar-refractivity contribution >= 4 is 11.0 Å². The van der Waals surface area contributed by atoms with Gasteiger partial charge in [0.25, 0.3) is 0 Å². The lowest BCUT2D eigenvalue weighted by atomic mass is 10.00. The molecule has 0 bridgehead atoms. The number of hydrogen-bond donors (Lipinski definition) is 0. The zero-order chi connectivity index (χ0) is 19.5. The Morgan fingerprint density at radius 2 is 1.71 bits per heavy atom. The Morgan fingerprint density at radius 3 is 2.50 bits per heavy atom. The summed E-state index contributed by atoms with van der Waals surface area (Å²) < 4.78 is 24.6. The SMILES string of the molecule is Cc1c(Cc2ccccc2)c(=O)oc2cc(OCc3cccc(F)c3)ccc12. The predicted octanol–water partition coefficient (Wildman–Crippen LogP) is 5.41. The third-order valence-corrected chi connectivity index (χ3v) is 4.78. The van der Waals surface area contributed by atoms with Gasteiger partial charge in [0.2, 0.25) is 0 Å². The first kappa shape index (κ1) is 18.0. The van der Waals surface area contributed by atoms with E-state index in [4.69, 9.17) is 9.15 Å². The van der Waals surface area contributed by atoms with Gasteiger partial charge in [0.15, 0.2) is 0 Å². The van der Waals surface area contributed by atoms with Crippen LogP contribution in [-0.2, 0) is 13.0 Å². The largest absolute Gasteiger partial charge is 0.489 e. The van der Waals surface area contributed by atoms with E-state index in [1.54, 1.807) is 18.2 Å². The van der Waals surface area contributed by atoms with Gasteiger partial charge in [0.05, 0.1) is 0 Å². The number of halogens is 1. The highest BCUT2D eigenvalue weighted by atomic mass is 19.1. The fraction of sp³-hybridized carbons (Fsp3) is 0.125. The summed E-state index contributed by atoms with van der Waals surface area (Å²) in [7, 11) is 0. The normalized spacial score (nSPS) is 10.9. The van der Waals surface area contributed by atoms with Crippen LogP contribution in [0.15, 0.2) is 82.0 Å². The number of fused-ring (bicyclic) bond motifs is 1. The molecule has 4 aromatic rings. The molecule has 0 unspecified atom stereocenters. The lowest BCUT2D eigenvalue weighted by Gasteiger charge is -2.10. The van der Waals surface area contributed by atoms with Crippen molar-refractivity contribution in [2.75, 3.05) is 0 Å². The number of hydrogen-bond acceptors (Lipinski definition) is 3. The van der Waals surface area contributed by atoms with Crippen molar-refractivity contribution in [2.45, 2.75) is 20.0 Å². The average molecular weight is 374 g/mol. The van der Waals surface area contributed by atoms with E-state index in [2.05, 4.69) is 0 Å². The van der Waals surface area contributed by atoms with Crippen LogP contribution in [0, 0.1) is 12.7 Å². The standard InChI is InChI=1S/C24H19FO3/c1-16-21-11-10-20(27-15-18-8-5-9-19(25)12-18)14-23(21)28-24(26)22(16)13-17-6-3-2-4-7-17/h2-12,14H,13,15H2,1H3. The summed E-state index contributed by atoms with van der Waals surface area (Å²) in [6.07, 6.45) is 0.531. The Kier molecular flexibility index (Phi) is 4.94. The first-order valence-corrected chi connectivity index (χ1v) is 9.07. The Morgan fingerprint density at radius 1 is 0.929 bits per heavy atom. The van der Waals surface area contributed by atoms with Crippen LogP contribution in [0.25, 0.3) is 11.0 Å². The van der Waals surface area contributed by atoms with E-state index >= 15 is 0 Å². The highest BCUT2D eigenvalue weighted by Gasteiger charge is 2.13. The second kappa shape index (κ2) is 7.69. The van der Waals surface area contributed by atoms with Gasteiger partial charge in [-0.2, -0.15) is 0 Å². The molecule has 3 aromatic carbocycles. The molecule has 0 saturated carbocycles. The molecule has 4 rings (SSSR count). The number of ether oxygens (including phenoxy) is 1. The summed E-state index contributed by atoms with van der Waals surface area (Å²) in [6.45, 7) is 2.17. The van der Waals surface area contributed by atoms with E-state index in [0.29, 0.717) is 23.3 Å². The highest BCUT2D eigenvalue weighted by molar-refractivity contribution is 5.82. The van der Waals surface area contributed by atoms with Crippen molar-refractivity contribution in [3.63, 3.8) is 0 Å². The minimum absolute atomic E-state index is 0.235. The lowest BCUT2D eigenvalue weighted by molar-refractivity contribution is 0.305. The van der Waals surface area contributed by atoms with E-state index in [1.807, 2.05) is 49.4 Å². The van der Waals surface area contributed by atoms with Crippen LogP contribution < -0.4 is 10.4 Å². The predicted molar refractivity (Wildman–Crippen MR) is 107 cm³/mol. The Balaban J connectivity index is 1.61. The van der Waals surface area contributed by atoms with Crippen molar-refractivity contribution in [2.24, 2.45) is 0 Å². The molecule has 0 amide bonds. The van der Waals surface area contributed by atoms with E-state index in [9.17, 15) is 9.18 Å². The zero-order valence-electron chi connectivity index (χ0n) is 15.4. The van der Waals surface area contributed by atoms with E-state index in [1.165, 1.54) is 12.1 Å². The molecule has 0 aliphatic carbocycles. The molecule has 0 saturated heterocycles. The van der Waals surface area contributed by atoms with Gasteiger partial charge in [-0.25, -0.2) is 9.18 Å². The Labute approximate surface area is 162 Å². The molecule has 0 aliphatic rings. The minimum Gasteiger partial charge on any atom is -0.489 e. The van der Waals surface area contributed by atoms with Crippen LogP contribution in [0.5, 0.6) is 5.75 Å². The Bertz CT molecular complexity index is 1180. The van der Waals surface area contributed by atoms with Crippen LogP contribution in [-0.4, -0.2) is 0 Å². The van der Waals surface area contributed by atoms with Gasteiger partial charge in [0.1, 0.15) is 23.8 Å². The topological polar surface area (TPSA) is 39.4 Å². The summed E-state index contributed by atoms with van der Waals surface area (Å²) in [5.41, 5.74) is 3.51. The molecule has 0 fully saturated rings. The highest BCUT2D eigenvalue weighted by Crippen LogP contribution is 2.25. The third kappa shape index (κ3) is 3.81. The summed E-state index contributed by atoms with van der Waals surface area (Å²) >= 11 is 0. The summed E-state index contributed by atoms with van der Waals surface area (Å²) in [5, 5.41) is 0.878. The van der Waals surface area contributed by atoms with Crippen LogP contribution in [0.4, 0.5) is 4.39 Å². The third-order valence-electron chi connectivity index (χ3n) is 4.78. The molecule has 0 N–H and O–H groups in total. The van der Waals surface area contributed by atoms with Crippen molar-refractivity contribution in [1.82, 2.24) is 0 Å². The maximum atomic E-state index is 13.3. The van der Waals surface area contributed by atoms with Gasteiger partial charge >= 0.3 is 5.63 Å². The molecular formula is C24H19FO3. The van der Waals surface area contributed by atoms with Gasteiger partial charge in [0, 0.05) is 23.4 Å². The van der Waals surface area contributed by atoms with Crippen LogP contribution >= 0.6 is 0 Å². The molecule has 0 aliphatic heterocycles. The van der Waals surface area contributed by atoms with Gasteiger partial charge in [-0.3, -0.25) is 0 Å². The van der Waals surface area contributed by atoms with Crippen molar-refractivity contribution < 1.29 is 13.5 Å². The van der Waals surface area contributed by atoms with Crippen LogP contribution in [0.3, 0.4) is 0 Å². The lowest BCUT2D eigenvalue weighted by Crippen LogP contribution is -2.11.